The van der Waals surface area contributed by atoms with E-state index in [1.54, 1.807) is 29.7 Å². The van der Waals surface area contributed by atoms with Gasteiger partial charge in [-0.25, -0.2) is 9.78 Å². The van der Waals surface area contributed by atoms with Crippen molar-refractivity contribution in [2.24, 2.45) is 0 Å². The summed E-state index contributed by atoms with van der Waals surface area (Å²) in [5, 5.41) is 9.82. The van der Waals surface area contributed by atoms with Crippen LogP contribution in [0, 0.1) is 6.92 Å². The molecule has 4 rings (SSSR count). The number of aliphatic carboxylic acids is 1. The van der Waals surface area contributed by atoms with Crippen LogP contribution in [0.5, 0.6) is 5.75 Å². The number of carbonyl (C=O) groups is 1. The van der Waals surface area contributed by atoms with Crippen molar-refractivity contribution < 1.29 is 19.4 Å². The van der Waals surface area contributed by atoms with Crippen LogP contribution in [0.1, 0.15) is 23.9 Å². The van der Waals surface area contributed by atoms with E-state index in [0.29, 0.717) is 29.1 Å². The first-order valence-corrected chi connectivity index (χ1v) is 11.1. The van der Waals surface area contributed by atoms with Gasteiger partial charge in [0.1, 0.15) is 12.4 Å². The second-order valence-electron chi connectivity index (χ2n) is 7.94. The van der Waals surface area contributed by atoms with Crippen molar-refractivity contribution in [2.45, 2.75) is 33.0 Å². The maximum absolute atomic E-state index is 13.3. The zero-order valence-electron chi connectivity index (χ0n) is 19.1. The minimum atomic E-state index is -0.987. The van der Waals surface area contributed by atoms with E-state index in [9.17, 15) is 14.7 Å². The molecular formula is C27H26N2O5. The Morgan fingerprint density at radius 2 is 1.82 bits per heavy atom. The molecule has 0 aliphatic carbocycles. The van der Waals surface area contributed by atoms with Gasteiger partial charge in [-0.2, -0.15) is 0 Å². The van der Waals surface area contributed by atoms with Crippen LogP contribution in [0.2, 0.25) is 0 Å². The predicted molar refractivity (Wildman–Crippen MR) is 130 cm³/mol. The highest BCUT2D eigenvalue weighted by Gasteiger charge is 2.18. The van der Waals surface area contributed by atoms with E-state index >= 15 is 0 Å². The summed E-state index contributed by atoms with van der Waals surface area (Å²) in [6, 6.07) is 22.1. The lowest BCUT2D eigenvalue weighted by molar-refractivity contribution is -0.149. The zero-order valence-corrected chi connectivity index (χ0v) is 19.1. The zero-order chi connectivity index (χ0) is 24.1. The third-order valence-electron chi connectivity index (χ3n) is 5.46. The van der Waals surface area contributed by atoms with Crippen LogP contribution in [0.25, 0.3) is 16.6 Å². The maximum Gasteiger partial charge on any atom is 0.333 e. The highest BCUT2D eigenvalue weighted by Crippen LogP contribution is 2.18. The van der Waals surface area contributed by atoms with Gasteiger partial charge in [0.05, 0.1) is 16.6 Å². The molecule has 7 nitrogen and oxygen atoms in total. The predicted octanol–water partition coefficient (Wildman–Crippen LogP) is 4.31. The first-order chi connectivity index (χ1) is 16.5. The number of rotatable bonds is 9. The molecule has 0 aliphatic heterocycles. The normalized spacial score (nSPS) is 11.9. The Labute approximate surface area is 197 Å². The molecule has 4 aromatic rings. The Morgan fingerprint density at radius 1 is 1.06 bits per heavy atom. The van der Waals surface area contributed by atoms with E-state index < -0.39 is 12.1 Å². The maximum atomic E-state index is 13.3. The number of para-hydroxylation sites is 1. The van der Waals surface area contributed by atoms with E-state index in [1.807, 2.05) is 61.5 Å². The van der Waals surface area contributed by atoms with Gasteiger partial charge in [-0.15, -0.1) is 0 Å². The Bertz CT molecular complexity index is 1360. The van der Waals surface area contributed by atoms with Gasteiger partial charge in [0.25, 0.3) is 5.56 Å². The largest absolute Gasteiger partial charge is 0.486 e. The first kappa shape index (κ1) is 23.2. The van der Waals surface area contributed by atoms with Gasteiger partial charge in [-0.3, -0.25) is 9.36 Å². The fourth-order valence-electron chi connectivity index (χ4n) is 3.81. The van der Waals surface area contributed by atoms with E-state index in [1.165, 1.54) is 0 Å². The highest BCUT2D eigenvalue weighted by molar-refractivity contribution is 5.77. The molecule has 7 heteroatoms. The average Bonchev–Trinajstić information content (AvgIpc) is 2.83. The number of hydrogen-bond acceptors (Lipinski definition) is 5. The number of fused-ring (bicyclic) bond motifs is 1. The molecule has 1 unspecified atom stereocenters. The number of nitrogens with zero attached hydrogens (tertiary/aromatic N) is 2. The molecule has 0 bridgehead atoms. The van der Waals surface area contributed by atoms with E-state index in [2.05, 4.69) is 0 Å². The fraction of sp³-hybridized carbons (Fsp3) is 0.222. The van der Waals surface area contributed by atoms with Gasteiger partial charge in [-0.1, -0.05) is 36.4 Å². The summed E-state index contributed by atoms with van der Waals surface area (Å²) in [6.07, 6.45) is -0.620. The van der Waals surface area contributed by atoms with Gasteiger partial charge in [0.2, 0.25) is 0 Å². The van der Waals surface area contributed by atoms with Crippen LogP contribution in [0.15, 0.2) is 77.6 Å². The van der Waals surface area contributed by atoms with Crippen molar-refractivity contribution in [3.8, 4) is 11.4 Å². The number of aryl methyl sites for hydroxylation is 1. The number of carboxylic acids is 1. The summed E-state index contributed by atoms with van der Waals surface area (Å²) in [7, 11) is 0. The van der Waals surface area contributed by atoms with E-state index in [-0.39, 0.29) is 18.6 Å². The van der Waals surface area contributed by atoms with Gasteiger partial charge < -0.3 is 14.6 Å². The van der Waals surface area contributed by atoms with Crippen LogP contribution >= 0.6 is 0 Å². The molecule has 1 aromatic heterocycles. The lowest BCUT2D eigenvalue weighted by atomic mass is 10.1. The van der Waals surface area contributed by atoms with Crippen LogP contribution < -0.4 is 10.3 Å². The fourth-order valence-corrected chi connectivity index (χ4v) is 3.81. The number of benzene rings is 3. The van der Waals surface area contributed by atoms with Crippen LogP contribution in [0.3, 0.4) is 0 Å². The summed E-state index contributed by atoms with van der Waals surface area (Å²) in [5.74, 6) is 0.0876. The average molecular weight is 459 g/mol. The van der Waals surface area contributed by atoms with Gasteiger partial charge in [0.15, 0.2) is 11.9 Å². The monoisotopic (exact) mass is 458 g/mol. The van der Waals surface area contributed by atoms with Crippen molar-refractivity contribution in [1.29, 1.82) is 0 Å². The van der Waals surface area contributed by atoms with Crippen molar-refractivity contribution in [2.75, 3.05) is 6.61 Å². The highest BCUT2D eigenvalue weighted by atomic mass is 16.5. The summed E-state index contributed by atoms with van der Waals surface area (Å²) >= 11 is 0. The molecule has 34 heavy (non-hydrogen) atoms. The van der Waals surface area contributed by atoms with Gasteiger partial charge in [0, 0.05) is 13.0 Å². The van der Waals surface area contributed by atoms with Crippen LogP contribution in [-0.4, -0.2) is 33.3 Å². The summed E-state index contributed by atoms with van der Waals surface area (Å²) < 4.78 is 12.8. The Kier molecular flexibility index (Phi) is 7.04. The molecule has 1 atom stereocenters. The second kappa shape index (κ2) is 10.3. The Morgan fingerprint density at radius 3 is 2.53 bits per heavy atom. The Hall–Kier alpha value is -3.97. The number of aromatic nitrogens is 2. The standard InChI is InChI=1S/C27H26N2O5/c1-3-33-24(27(31)32)16-19-11-13-21(14-12-19)34-17-25-28-23-10-5-4-9-22(23)26(30)29(25)20-8-6-7-18(2)15-20/h4-15,24H,3,16-17H2,1-2H3,(H,31,32). The molecule has 1 heterocycles. The van der Waals surface area contributed by atoms with Gasteiger partial charge >= 0.3 is 5.97 Å². The molecule has 0 fully saturated rings. The molecule has 174 valence electrons. The second-order valence-corrected chi connectivity index (χ2v) is 7.94. The minimum Gasteiger partial charge on any atom is -0.486 e. The molecule has 0 saturated carbocycles. The summed E-state index contributed by atoms with van der Waals surface area (Å²) in [4.78, 5) is 29.4. The topological polar surface area (TPSA) is 90.7 Å². The van der Waals surface area contributed by atoms with Crippen molar-refractivity contribution in [3.63, 3.8) is 0 Å². The van der Waals surface area contributed by atoms with E-state index in [0.717, 1.165) is 16.8 Å². The van der Waals surface area contributed by atoms with Crippen molar-refractivity contribution >= 4 is 16.9 Å². The summed E-state index contributed by atoms with van der Waals surface area (Å²) in [6.45, 7) is 4.16. The third kappa shape index (κ3) is 5.15. The number of hydrogen-bond donors (Lipinski definition) is 1. The van der Waals surface area contributed by atoms with E-state index in [4.69, 9.17) is 14.5 Å². The SMILES string of the molecule is CCOC(Cc1ccc(OCc2nc3ccccc3c(=O)n2-c2cccc(C)c2)cc1)C(=O)O. The lowest BCUT2D eigenvalue weighted by Gasteiger charge is -2.15. The first-order valence-electron chi connectivity index (χ1n) is 11.1. The summed E-state index contributed by atoms with van der Waals surface area (Å²) in [5.41, 5.74) is 3.05. The third-order valence-corrected chi connectivity index (χ3v) is 5.46. The number of ether oxygens (including phenoxy) is 2. The van der Waals surface area contributed by atoms with Crippen molar-refractivity contribution in [1.82, 2.24) is 9.55 Å². The van der Waals surface area contributed by atoms with Crippen molar-refractivity contribution in [3.05, 3.63) is 100 Å². The molecule has 0 spiro atoms. The van der Waals surface area contributed by atoms with Crippen LogP contribution in [-0.2, 0) is 22.6 Å². The Balaban J connectivity index is 1.60. The molecule has 0 saturated heterocycles. The quantitative estimate of drug-likeness (QED) is 0.402. The minimum absolute atomic E-state index is 0.0874. The molecule has 1 N–H and O–H groups in total. The molecule has 3 aromatic carbocycles. The molecular weight excluding hydrogens is 432 g/mol. The lowest BCUT2D eigenvalue weighted by Crippen LogP contribution is -2.26. The van der Waals surface area contributed by atoms with Gasteiger partial charge in [-0.05, 0) is 61.4 Å². The molecule has 0 amide bonds. The smallest absolute Gasteiger partial charge is 0.333 e. The molecule has 0 radical (unpaired) electrons. The molecule has 0 aliphatic rings. The van der Waals surface area contributed by atoms with Crippen LogP contribution in [0.4, 0.5) is 0 Å². The number of carboxylic acid groups (broad SMARTS) is 1.